The van der Waals surface area contributed by atoms with Gasteiger partial charge in [0.15, 0.2) is 5.13 Å². The number of carboxylic acids is 1. The van der Waals surface area contributed by atoms with E-state index in [4.69, 9.17) is 5.11 Å². The predicted molar refractivity (Wildman–Crippen MR) is 66.7 cm³/mol. The Hall–Kier alpha value is -1.31. The largest absolute Gasteiger partial charge is 0.481 e. The van der Waals surface area contributed by atoms with Gasteiger partial charge >= 0.3 is 12.1 Å². The van der Waals surface area contributed by atoms with Gasteiger partial charge in [-0.25, -0.2) is 4.98 Å². The molecule has 1 aromatic heterocycles. The molecule has 1 heterocycles. The lowest BCUT2D eigenvalue weighted by Gasteiger charge is -2.18. The van der Waals surface area contributed by atoms with E-state index in [1.54, 1.807) is 5.38 Å². The Morgan fingerprint density at radius 3 is 2.53 bits per heavy atom. The highest BCUT2D eigenvalue weighted by atomic mass is 32.1. The van der Waals surface area contributed by atoms with Crippen molar-refractivity contribution in [2.45, 2.75) is 31.9 Å². The summed E-state index contributed by atoms with van der Waals surface area (Å²) >= 11 is 1.14. The number of alkyl halides is 3. The van der Waals surface area contributed by atoms with E-state index in [1.807, 2.05) is 0 Å². The van der Waals surface area contributed by atoms with Gasteiger partial charge in [0.25, 0.3) is 0 Å². The van der Waals surface area contributed by atoms with Gasteiger partial charge in [0, 0.05) is 19.0 Å². The smallest absolute Gasteiger partial charge is 0.390 e. The first-order chi connectivity index (χ1) is 8.54. The molecule has 0 fully saturated rings. The Kier molecular flexibility index (Phi) is 4.44. The van der Waals surface area contributed by atoms with Gasteiger partial charge in [-0.1, -0.05) is 0 Å². The molecule has 0 atom stereocenters. The van der Waals surface area contributed by atoms with Crippen LogP contribution in [0.25, 0.3) is 0 Å². The number of aliphatic carboxylic acids is 1. The Balaban J connectivity index is 2.77. The van der Waals surface area contributed by atoms with E-state index in [1.165, 1.54) is 25.8 Å². The minimum Gasteiger partial charge on any atom is -0.481 e. The maximum absolute atomic E-state index is 12.1. The lowest BCUT2D eigenvalue weighted by molar-refractivity contribution is -0.142. The lowest BCUT2D eigenvalue weighted by atomic mass is 9.90. The first kappa shape index (κ1) is 15.7. The first-order valence-corrected chi connectivity index (χ1v) is 6.39. The number of carbonyl (C=O) groups is 1. The van der Waals surface area contributed by atoms with E-state index in [9.17, 15) is 18.0 Å². The molecule has 1 rings (SSSR count). The van der Waals surface area contributed by atoms with E-state index in [-0.39, 0.29) is 6.54 Å². The molecule has 0 unspecified atom stereocenters. The van der Waals surface area contributed by atoms with Crippen LogP contribution in [0.4, 0.5) is 18.3 Å². The van der Waals surface area contributed by atoms with Crippen LogP contribution in [-0.2, 0) is 10.2 Å². The zero-order valence-electron chi connectivity index (χ0n) is 10.8. The fraction of sp³-hybridized carbons (Fsp3) is 0.636. The van der Waals surface area contributed by atoms with Gasteiger partial charge in [0.1, 0.15) is 5.41 Å². The van der Waals surface area contributed by atoms with Gasteiger partial charge in [-0.15, -0.1) is 11.3 Å². The highest BCUT2D eigenvalue weighted by Crippen LogP contribution is 2.29. The van der Waals surface area contributed by atoms with Crippen molar-refractivity contribution in [3.8, 4) is 0 Å². The number of nitrogens with zero attached hydrogens (tertiary/aromatic N) is 2. The zero-order chi connectivity index (χ0) is 14.8. The van der Waals surface area contributed by atoms with Crippen molar-refractivity contribution >= 4 is 22.4 Å². The molecule has 0 aliphatic rings. The van der Waals surface area contributed by atoms with E-state index < -0.39 is 24.0 Å². The Morgan fingerprint density at radius 2 is 2.05 bits per heavy atom. The van der Waals surface area contributed by atoms with Crippen LogP contribution in [-0.4, -0.2) is 35.8 Å². The first-order valence-electron chi connectivity index (χ1n) is 5.51. The van der Waals surface area contributed by atoms with Crippen LogP contribution in [0.15, 0.2) is 5.38 Å². The molecule has 0 bridgehead atoms. The molecule has 1 aromatic rings. The number of halogens is 3. The third-order valence-electron chi connectivity index (χ3n) is 2.72. The van der Waals surface area contributed by atoms with Crippen molar-refractivity contribution in [1.29, 1.82) is 0 Å². The van der Waals surface area contributed by atoms with Crippen molar-refractivity contribution in [2.75, 3.05) is 18.5 Å². The summed E-state index contributed by atoms with van der Waals surface area (Å²) in [6.07, 6.45) is -5.14. The van der Waals surface area contributed by atoms with Crippen LogP contribution in [0.3, 0.4) is 0 Å². The maximum atomic E-state index is 12.1. The molecule has 0 aliphatic heterocycles. The summed E-state index contributed by atoms with van der Waals surface area (Å²) in [5.74, 6) is -1.03. The molecule has 0 amide bonds. The molecule has 0 saturated heterocycles. The van der Waals surface area contributed by atoms with Gasteiger partial charge < -0.3 is 10.0 Å². The number of thiazole rings is 1. The van der Waals surface area contributed by atoms with Crippen LogP contribution in [0, 0.1) is 0 Å². The molecule has 4 nitrogen and oxygen atoms in total. The highest BCUT2D eigenvalue weighted by molar-refractivity contribution is 7.13. The normalized spacial score (nSPS) is 12.5. The molecular formula is C11H15F3N2O2S. The van der Waals surface area contributed by atoms with Crippen LogP contribution in [0.5, 0.6) is 0 Å². The van der Waals surface area contributed by atoms with Crippen molar-refractivity contribution in [3.63, 3.8) is 0 Å². The number of aromatic nitrogens is 1. The van der Waals surface area contributed by atoms with Gasteiger partial charge in [-0.2, -0.15) is 13.2 Å². The van der Waals surface area contributed by atoms with E-state index in [0.717, 1.165) is 11.3 Å². The average molecular weight is 296 g/mol. The molecule has 108 valence electrons. The number of hydrogen-bond donors (Lipinski definition) is 1. The predicted octanol–water partition coefficient (Wildman–Crippen LogP) is 2.89. The Morgan fingerprint density at radius 1 is 1.47 bits per heavy atom. The fourth-order valence-electron chi connectivity index (χ4n) is 1.23. The molecule has 0 radical (unpaired) electrons. The number of anilines is 1. The molecule has 0 aromatic carbocycles. The molecule has 0 spiro atoms. The summed E-state index contributed by atoms with van der Waals surface area (Å²) in [6, 6.07) is 0. The third-order valence-corrected chi connectivity index (χ3v) is 3.68. The minimum absolute atomic E-state index is 0.204. The molecular weight excluding hydrogens is 281 g/mol. The summed E-state index contributed by atoms with van der Waals surface area (Å²) in [5, 5.41) is 11.0. The Bertz CT molecular complexity index is 457. The second kappa shape index (κ2) is 5.36. The highest BCUT2D eigenvalue weighted by Gasteiger charge is 2.33. The topological polar surface area (TPSA) is 53.4 Å². The number of hydrogen-bond acceptors (Lipinski definition) is 4. The van der Waals surface area contributed by atoms with Crippen molar-refractivity contribution in [1.82, 2.24) is 4.98 Å². The standard InChI is InChI=1S/C11H15F3N2O2S/c1-10(2,8(17)18)7-6-19-9(15-7)16(3)5-4-11(12,13)14/h6H,4-5H2,1-3H3,(H,17,18). The van der Waals surface area contributed by atoms with Gasteiger partial charge in [-0.05, 0) is 13.8 Å². The summed E-state index contributed by atoms with van der Waals surface area (Å²) in [7, 11) is 1.50. The Labute approximate surface area is 112 Å². The van der Waals surface area contributed by atoms with Gasteiger partial charge in [0.2, 0.25) is 0 Å². The lowest BCUT2D eigenvalue weighted by Crippen LogP contribution is -2.29. The third kappa shape index (κ3) is 4.09. The second-order valence-electron chi connectivity index (χ2n) is 4.73. The average Bonchev–Trinajstić information content (AvgIpc) is 2.74. The fourth-order valence-corrected chi connectivity index (χ4v) is 2.21. The van der Waals surface area contributed by atoms with Gasteiger partial charge in [-0.3, -0.25) is 4.79 Å². The minimum atomic E-state index is -4.21. The number of rotatable bonds is 5. The van der Waals surface area contributed by atoms with E-state index in [2.05, 4.69) is 4.98 Å². The quantitative estimate of drug-likeness (QED) is 0.907. The maximum Gasteiger partial charge on any atom is 0.390 e. The van der Waals surface area contributed by atoms with Crippen LogP contribution >= 0.6 is 11.3 Å². The van der Waals surface area contributed by atoms with Crippen molar-refractivity contribution in [2.24, 2.45) is 0 Å². The summed E-state index contributed by atoms with van der Waals surface area (Å²) < 4.78 is 36.3. The van der Waals surface area contributed by atoms with Gasteiger partial charge in [0.05, 0.1) is 12.1 Å². The van der Waals surface area contributed by atoms with Crippen LogP contribution in [0.2, 0.25) is 0 Å². The van der Waals surface area contributed by atoms with Crippen molar-refractivity contribution < 1.29 is 23.1 Å². The monoisotopic (exact) mass is 296 g/mol. The molecule has 8 heteroatoms. The molecule has 1 N–H and O–H groups in total. The second-order valence-corrected chi connectivity index (χ2v) is 5.57. The van der Waals surface area contributed by atoms with Crippen LogP contribution in [0.1, 0.15) is 26.0 Å². The zero-order valence-corrected chi connectivity index (χ0v) is 11.6. The molecule has 0 aliphatic carbocycles. The summed E-state index contributed by atoms with van der Waals surface area (Å²) in [4.78, 5) is 16.5. The summed E-state index contributed by atoms with van der Waals surface area (Å²) in [5.41, 5.74) is -0.807. The van der Waals surface area contributed by atoms with Crippen molar-refractivity contribution in [3.05, 3.63) is 11.1 Å². The molecule has 19 heavy (non-hydrogen) atoms. The van der Waals surface area contributed by atoms with E-state index >= 15 is 0 Å². The van der Waals surface area contributed by atoms with Crippen LogP contribution < -0.4 is 4.90 Å². The molecule has 0 saturated carbocycles. The summed E-state index contributed by atoms with van der Waals surface area (Å²) in [6.45, 7) is 2.80. The SMILES string of the molecule is CN(CCC(F)(F)F)c1nc(C(C)(C)C(=O)O)cs1. The number of carboxylic acid groups (broad SMARTS) is 1. The van der Waals surface area contributed by atoms with E-state index in [0.29, 0.717) is 10.8 Å².